The molecule has 25 heavy (non-hydrogen) atoms. The van der Waals surface area contributed by atoms with Gasteiger partial charge in [0.05, 0.1) is 25.4 Å². The molecule has 0 amide bonds. The standard InChI is InChI=1S/C19H37N3O2.ClH/c1-14-10-22(11-15(2)24-14)19(3,4)13-21-17-7-5-6-16(17)18-12-23-9-8-20-18;/h14-18,20-21H,5-13H2,1-4H3;1H. The summed E-state index contributed by atoms with van der Waals surface area (Å²) >= 11 is 0. The van der Waals surface area contributed by atoms with Crippen molar-refractivity contribution >= 4 is 12.4 Å². The predicted octanol–water partition coefficient (Wildman–Crippen LogP) is 2.04. The Bertz CT molecular complexity index is 394. The molecule has 2 saturated heterocycles. The zero-order chi connectivity index (χ0) is 17.2. The van der Waals surface area contributed by atoms with Gasteiger partial charge in [-0.25, -0.2) is 0 Å². The first kappa shape index (κ1) is 21.4. The van der Waals surface area contributed by atoms with Crippen molar-refractivity contribution in [2.24, 2.45) is 5.92 Å². The molecule has 2 heterocycles. The highest BCUT2D eigenvalue weighted by atomic mass is 35.5. The van der Waals surface area contributed by atoms with Gasteiger partial charge in [0, 0.05) is 43.8 Å². The van der Waals surface area contributed by atoms with Crippen molar-refractivity contribution in [2.75, 3.05) is 39.4 Å². The van der Waals surface area contributed by atoms with Crippen LogP contribution in [0.1, 0.15) is 47.0 Å². The minimum Gasteiger partial charge on any atom is -0.379 e. The van der Waals surface area contributed by atoms with Gasteiger partial charge in [-0.2, -0.15) is 0 Å². The number of hydrogen-bond acceptors (Lipinski definition) is 5. The monoisotopic (exact) mass is 375 g/mol. The van der Waals surface area contributed by atoms with Crippen molar-refractivity contribution in [3.63, 3.8) is 0 Å². The van der Waals surface area contributed by atoms with Crippen LogP contribution in [-0.2, 0) is 9.47 Å². The molecule has 5 unspecified atom stereocenters. The number of morpholine rings is 2. The Morgan fingerprint density at radius 3 is 2.52 bits per heavy atom. The van der Waals surface area contributed by atoms with Gasteiger partial charge >= 0.3 is 0 Å². The molecular weight excluding hydrogens is 338 g/mol. The quantitative estimate of drug-likeness (QED) is 0.770. The van der Waals surface area contributed by atoms with E-state index in [4.69, 9.17) is 9.47 Å². The second kappa shape index (κ2) is 9.34. The van der Waals surface area contributed by atoms with E-state index in [1.54, 1.807) is 0 Å². The lowest BCUT2D eigenvalue weighted by Crippen LogP contribution is -2.60. The Labute approximate surface area is 160 Å². The minimum atomic E-state index is 0. The summed E-state index contributed by atoms with van der Waals surface area (Å²) in [6, 6.07) is 1.16. The topological polar surface area (TPSA) is 45.8 Å². The predicted molar refractivity (Wildman–Crippen MR) is 105 cm³/mol. The summed E-state index contributed by atoms with van der Waals surface area (Å²) in [5.74, 6) is 0.712. The van der Waals surface area contributed by atoms with E-state index >= 15 is 0 Å². The maximum atomic E-state index is 5.90. The van der Waals surface area contributed by atoms with Gasteiger partial charge < -0.3 is 20.1 Å². The molecule has 0 aromatic rings. The largest absolute Gasteiger partial charge is 0.379 e. The van der Waals surface area contributed by atoms with Crippen molar-refractivity contribution in [3.8, 4) is 0 Å². The number of rotatable bonds is 5. The Hall–Kier alpha value is 0.0900. The van der Waals surface area contributed by atoms with Crippen LogP contribution in [0, 0.1) is 5.92 Å². The van der Waals surface area contributed by atoms with Crippen molar-refractivity contribution in [1.82, 2.24) is 15.5 Å². The van der Waals surface area contributed by atoms with E-state index in [1.165, 1.54) is 19.3 Å². The fraction of sp³-hybridized carbons (Fsp3) is 1.00. The summed E-state index contributed by atoms with van der Waals surface area (Å²) in [6.45, 7) is 15.0. The Morgan fingerprint density at radius 2 is 1.88 bits per heavy atom. The summed E-state index contributed by atoms with van der Waals surface area (Å²) in [5.41, 5.74) is 0.163. The molecule has 148 valence electrons. The van der Waals surface area contributed by atoms with Crippen molar-refractivity contribution in [3.05, 3.63) is 0 Å². The lowest BCUT2D eigenvalue weighted by atomic mass is 9.92. The molecule has 1 aliphatic carbocycles. The minimum absolute atomic E-state index is 0. The van der Waals surface area contributed by atoms with Crippen LogP contribution in [0.5, 0.6) is 0 Å². The molecule has 0 radical (unpaired) electrons. The normalized spacial score (nSPS) is 37.7. The third-order valence-electron chi connectivity index (χ3n) is 6.11. The van der Waals surface area contributed by atoms with E-state index in [1.807, 2.05) is 0 Å². The highest BCUT2D eigenvalue weighted by Crippen LogP contribution is 2.30. The highest BCUT2D eigenvalue weighted by Gasteiger charge is 2.37. The summed E-state index contributed by atoms with van der Waals surface area (Å²) in [5, 5.41) is 7.59. The maximum absolute atomic E-state index is 5.90. The molecule has 0 bridgehead atoms. The SMILES string of the molecule is CC1CN(C(C)(C)CNC2CCCC2C2COCCN2)CC(C)O1.Cl. The smallest absolute Gasteiger partial charge is 0.0678 e. The van der Waals surface area contributed by atoms with E-state index in [0.717, 1.165) is 39.4 Å². The van der Waals surface area contributed by atoms with E-state index in [9.17, 15) is 0 Å². The van der Waals surface area contributed by atoms with Crippen LogP contribution in [-0.4, -0.2) is 74.1 Å². The molecule has 1 saturated carbocycles. The molecular formula is C19H38ClN3O2. The molecule has 0 aromatic heterocycles. The highest BCUT2D eigenvalue weighted by molar-refractivity contribution is 5.85. The molecule has 2 aliphatic heterocycles. The maximum Gasteiger partial charge on any atom is 0.0678 e. The van der Waals surface area contributed by atoms with Crippen LogP contribution in [0.25, 0.3) is 0 Å². The zero-order valence-corrected chi connectivity index (χ0v) is 17.2. The molecule has 6 heteroatoms. The first-order valence-corrected chi connectivity index (χ1v) is 9.91. The molecule has 5 atom stereocenters. The van der Waals surface area contributed by atoms with Crippen LogP contribution >= 0.6 is 12.4 Å². The lowest BCUT2D eigenvalue weighted by molar-refractivity contribution is -0.0957. The second-order valence-electron chi connectivity index (χ2n) is 8.69. The molecule has 3 aliphatic rings. The molecule has 2 N–H and O–H groups in total. The van der Waals surface area contributed by atoms with Gasteiger partial charge in [0.25, 0.3) is 0 Å². The molecule has 0 spiro atoms. The van der Waals surface area contributed by atoms with Crippen LogP contribution in [0.3, 0.4) is 0 Å². The number of hydrogen-bond donors (Lipinski definition) is 2. The third kappa shape index (κ3) is 5.53. The van der Waals surface area contributed by atoms with Crippen molar-refractivity contribution in [1.29, 1.82) is 0 Å². The van der Waals surface area contributed by atoms with Gasteiger partial charge in [0.15, 0.2) is 0 Å². The van der Waals surface area contributed by atoms with Crippen LogP contribution in [0.2, 0.25) is 0 Å². The third-order valence-corrected chi connectivity index (χ3v) is 6.11. The number of ether oxygens (including phenoxy) is 2. The Balaban J connectivity index is 0.00000225. The molecule has 5 nitrogen and oxygen atoms in total. The molecule has 0 aromatic carbocycles. The van der Waals surface area contributed by atoms with E-state index in [0.29, 0.717) is 30.2 Å². The van der Waals surface area contributed by atoms with Gasteiger partial charge in [-0.1, -0.05) is 6.42 Å². The molecule has 3 rings (SSSR count). The average molecular weight is 376 g/mol. The van der Waals surface area contributed by atoms with E-state index in [2.05, 4.69) is 43.2 Å². The first-order valence-electron chi connectivity index (χ1n) is 9.91. The van der Waals surface area contributed by atoms with Crippen LogP contribution in [0.15, 0.2) is 0 Å². The van der Waals surface area contributed by atoms with Crippen LogP contribution < -0.4 is 10.6 Å². The lowest BCUT2D eigenvalue weighted by Gasteiger charge is -2.46. The van der Waals surface area contributed by atoms with Gasteiger partial charge in [0.1, 0.15) is 0 Å². The fourth-order valence-corrected chi connectivity index (χ4v) is 4.75. The second-order valence-corrected chi connectivity index (χ2v) is 8.69. The van der Waals surface area contributed by atoms with Gasteiger partial charge in [0.2, 0.25) is 0 Å². The van der Waals surface area contributed by atoms with E-state index < -0.39 is 0 Å². The van der Waals surface area contributed by atoms with Gasteiger partial charge in [-0.3, -0.25) is 4.90 Å². The first-order chi connectivity index (χ1) is 11.5. The van der Waals surface area contributed by atoms with Crippen LogP contribution in [0.4, 0.5) is 0 Å². The number of nitrogens with zero attached hydrogens (tertiary/aromatic N) is 1. The number of nitrogens with one attached hydrogen (secondary N) is 2. The summed E-state index contributed by atoms with van der Waals surface area (Å²) < 4.78 is 11.6. The van der Waals surface area contributed by atoms with Crippen molar-refractivity contribution in [2.45, 2.75) is 76.8 Å². The Morgan fingerprint density at radius 1 is 1.16 bits per heavy atom. The summed E-state index contributed by atoms with van der Waals surface area (Å²) in [6.07, 6.45) is 4.62. The fourth-order valence-electron chi connectivity index (χ4n) is 4.75. The van der Waals surface area contributed by atoms with Gasteiger partial charge in [-0.05, 0) is 46.5 Å². The average Bonchev–Trinajstić information content (AvgIpc) is 3.01. The number of halogens is 1. The summed E-state index contributed by atoms with van der Waals surface area (Å²) in [4.78, 5) is 2.60. The molecule has 3 fully saturated rings. The zero-order valence-electron chi connectivity index (χ0n) is 16.4. The Kier molecular flexibility index (Phi) is 7.99. The van der Waals surface area contributed by atoms with E-state index in [-0.39, 0.29) is 17.9 Å². The summed E-state index contributed by atoms with van der Waals surface area (Å²) in [7, 11) is 0. The van der Waals surface area contributed by atoms with Crippen molar-refractivity contribution < 1.29 is 9.47 Å². The van der Waals surface area contributed by atoms with Gasteiger partial charge in [-0.15, -0.1) is 12.4 Å².